The van der Waals surface area contributed by atoms with Gasteiger partial charge in [0.2, 0.25) is 5.91 Å². The van der Waals surface area contributed by atoms with E-state index < -0.39 is 0 Å². The van der Waals surface area contributed by atoms with Crippen LogP contribution in [0, 0.1) is 11.3 Å². The molecule has 0 bridgehead atoms. The fourth-order valence-corrected chi connectivity index (χ4v) is 4.79. The summed E-state index contributed by atoms with van der Waals surface area (Å²) in [6, 6.07) is 8.38. The SMILES string of the molecule is COc1cccc(CN2CCC3(CCN(C(=O)[C@H]4CCOC4)CC3)C2)c1. The highest BCUT2D eigenvalue weighted by molar-refractivity contribution is 5.79. The summed E-state index contributed by atoms with van der Waals surface area (Å²) in [7, 11) is 1.72. The Balaban J connectivity index is 1.30. The maximum atomic E-state index is 12.6. The molecule has 1 amide bonds. The van der Waals surface area contributed by atoms with Gasteiger partial charge in [-0.25, -0.2) is 0 Å². The van der Waals surface area contributed by atoms with E-state index >= 15 is 0 Å². The quantitative estimate of drug-likeness (QED) is 0.830. The van der Waals surface area contributed by atoms with Gasteiger partial charge < -0.3 is 14.4 Å². The molecule has 1 aromatic rings. The fourth-order valence-electron chi connectivity index (χ4n) is 4.79. The van der Waals surface area contributed by atoms with E-state index in [4.69, 9.17) is 9.47 Å². The molecule has 0 radical (unpaired) electrons. The van der Waals surface area contributed by atoms with Gasteiger partial charge in [0.1, 0.15) is 5.75 Å². The van der Waals surface area contributed by atoms with Crippen LogP contribution in [0.1, 0.15) is 31.2 Å². The predicted molar refractivity (Wildman–Crippen MR) is 100 cm³/mol. The molecule has 0 saturated carbocycles. The Morgan fingerprint density at radius 2 is 2.08 bits per heavy atom. The first-order valence-electron chi connectivity index (χ1n) is 9.89. The first-order valence-corrected chi connectivity index (χ1v) is 9.89. The number of nitrogens with zero attached hydrogens (tertiary/aromatic N) is 2. The van der Waals surface area contributed by atoms with Gasteiger partial charge in [0.15, 0.2) is 0 Å². The maximum absolute atomic E-state index is 12.6. The van der Waals surface area contributed by atoms with E-state index in [2.05, 4.69) is 28.0 Å². The third kappa shape index (κ3) is 3.74. The highest BCUT2D eigenvalue weighted by atomic mass is 16.5. The van der Waals surface area contributed by atoms with Gasteiger partial charge in [-0.3, -0.25) is 9.69 Å². The smallest absolute Gasteiger partial charge is 0.228 e. The Morgan fingerprint density at radius 1 is 1.27 bits per heavy atom. The number of likely N-dealkylation sites (tertiary alicyclic amines) is 2. The number of hydrogen-bond acceptors (Lipinski definition) is 4. The van der Waals surface area contributed by atoms with Crippen LogP contribution in [0.15, 0.2) is 24.3 Å². The molecule has 3 fully saturated rings. The maximum Gasteiger partial charge on any atom is 0.228 e. The zero-order chi connectivity index (χ0) is 18.0. The standard InChI is InChI=1S/C21H30N2O3/c1-25-19-4-2-3-17(13-19)14-22-9-6-21(16-22)7-10-23(11-8-21)20(24)18-5-12-26-15-18/h2-4,13,18H,5-12,14-16H2,1H3/t18-/m0/s1. The van der Waals surface area contributed by atoms with Crippen molar-refractivity contribution in [1.82, 2.24) is 9.80 Å². The van der Waals surface area contributed by atoms with E-state index in [1.165, 1.54) is 12.0 Å². The molecule has 0 aliphatic carbocycles. The Bertz CT molecular complexity index is 634. The van der Waals surface area contributed by atoms with Crippen LogP contribution in [0.3, 0.4) is 0 Å². The predicted octanol–water partition coefficient (Wildman–Crippen LogP) is 2.55. The number of methoxy groups -OCH3 is 1. The van der Waals surface area contributed by atoms with Crippen LogP contribution in [0.4, 0.5) is 0 Å². The molecule has 26 heavy (non-hydrogen) atoms. The molecule has 1 spiro atoms. The third-order valence-electron chi connectivity index (χ3n) is 6.47. The summed E-state index contributed by atoms with van der Waals surface area (Å²) in [5.74, 6) is 1.36. The molecule has 0 aromatic heterocycles. The number of hydrogen-bond donors (Lipinski definition) is 0. The third-order valence-corrected chi connectivity index (χ3v) is 6.47. The molecule has 0 N–H and O–H groups in total. The average Bonchev–Trinajstić information content (AvgIpc) is 3.33. The molecule has 1 atom stereocenters. The minimum Gasteiger partial charge on any atom is -0.497 e. The summed E-state index contributed by atoms with van der Waals surface area (Å²) < 4.78 is 10.7. The second kappa shape index (κ2) is 7.57. The summed E-state index contributed by atoms with van der Waals surface area (Å²) in [6.45, 7) is 6.49. The lowest BCUT2D eigenvalue weighted by Gasteiger charge is -2.40. The van der Waals surface area contributed by atoms with Gasteiger partial charge in [0.25, 0.3) is 0 Å². The number of ether oxygens (including phenoxy) is 2. The van der Waals surface area contributed by atoms with Gasteiger partial charge >= 0.3 is 0 Å². The highest BCUT2D eigenvalue weighted by Gasteiger charge is 2.42. The van der Waals surface area contributed by atoms with E-state index in [9.17, 15) is 4.79 Å². The van der Waals surface area contributed by atoms with Gasteiger partial charge in [-0.15, -0.1) is 0 Å². The van der Waals surface area contributed by atoms with E-state index in [0.29, 0.717) is 17.9 Å². The van der Waals surface area contributed by atoms with Crippen LogP contribution >= 0.6 is 0 Å². The molecular weight excluding hydrogens is 328 g/mol. The van der Waals surface area contributed by atoms with Crippen molar-refractivity contribution < 1.29 is 14.3 Å². The van der Waals surface area contributed by atoms with Crippen LogP contribution in [0.2, 0.25) is 0 Å². The zero-order valence-corrected chi connectivity index (χ0v) is 15.8. The second-order valence-electron chi connectivity index (χ2n) is 8.20. The molecular formula is C21H30N2O3. The van der Waals surface area contributed by atoms with Gasteiger partial charge in [-0.1, -0.05) is 12.1 Å². The van der Waals surface area contributed by atoms with Gasteiger partial charge in [0.05, 0.1) is 19.6 Å². The Hall–Kier alpha value is -1.59. The molecule has 0 unspecified atom stereocenters. The average molecular weight is 358 g/mol. The van der Waals surface area contributed by atoms with Crippen LogP contribution in [-0.4, -0.2) is 62.2 Å². The molecule has 3 aliphatic heterocycles. The number of rotatable bonds is 4. The van der Waals surface area contributed by atoms with Crippen molar-refractivity contribution in [3.63, 3.8) is 0 Å². The summed E-state index contributed by atoms with van der Waals surface area (Å²) in [4.78, 5) is 17.3. The largest absolute Gasteiger partial charge is 0.497 e. The van der Waals surface area contributed by atoms with Crippen molar-refractivity contribution in [2.45, 2.75) is 32.2 Å². The second-order valence-corrected chi connectivity index (χ2v) is 8.20. The summed E-state index contributed by atoms with van der Waals surface area (Å²) in [5, 5.41) is 0. The monoisotopic (exact) mass is 358 g/mol. The Morgan fingerprint density at radius 3 is 2.81 bits per heavy atom. The molecule has 3 aliphatic rings. The van der Waals surface area contributed by atoms with E-state index in [1.807, 2.05) is 6.07 Å². The summed E-state index contributed by atoms with van der Waals surface area (Å²) in [5.41, 5.74) is 1.72. The molecule has 5 heteroatoms. The summed E-state index contributed by atoms with van der Waals surface area (Å²) >= 11 is 0. The van der Waals surface area contributed by atoms with Crippen molar-refractivity contribution in [1.29, 1.82) is 0 Å². The number of amides is 1. The van der Waals surface area contributed by atoms with Crippen molar-refractivity contribution in [2.24, 2.45) is 11.3 Å². The van der Waals surface area contributed by atoms with Crippen LogP contribution in [0.25, 0.3) is 0 Å². The molecule has 3 saturated heterocycles. The van der Waals surface area contributed by atoms with Gasteiger partial charge in [-0.2, -0.15) is 0 Å². The molecule has 142 valence electrons. The van der Waals surface area contributed by atoms with Crippen molar-refractivity contribution in [3.05, 3.63) is 29.8 Å². The minimum atomic E-state index is 0.109. The van der Waals surface area contributed by atoms with Gasteiger partial charge in [-0.05, 0) is 55.3 Å². The van der Waals surface area contributed by atoms with Crippen molar-refractivity contribution in [2.75, 3.05) is 46.5 Å². The minimum absolute atomic E-state index is 0.109. The van der Waals surface area contributed by atoms with Crippen LogP contribution < -0.4 is 4.74 Å². The number of benzene rings is 1. The lowest BCUT2D eigenvalue weighted by atomic mass is 9.77. The Labute approximate surface area is 156 Å². The van der Waals surface area contributed by atoms with E-state index in [1.54, 1.807) is 7.11 Å². The normalized spacial score (nSPS) is 25.7. The molecule has 5 nitrogen and oxygen atoms in total. The van der Waals surface area contributed by atoms with Crippen molar-refractivity contribution >= 4 is 5.91 Å². The van der Waals surface area contributed by atoms with E-state index in [-0.39, 0.29) is 5.92 Å². The fraction of sp³-hybridized carbons (Fsp3) is 0.667. The lowest BCUT2D eigenvalue weighted by molar-refractivity contribution is -0.137. The van der Waals surface area contributed by atoms with Crippen LogP contribution in [-0.2, 0) is 16.1 Å². The van der Waals surface area contributed by atoms with Crippen LogP contribution in [0.5, 0.6) is 5.75 Å². The lowest BCUT2D eigenvalue weighted by Crippen LogP contribution is -2.46. The first-order chi connectivity index (χ1) is 12.7. The number of carbonyl (C=O) groups is 1. The summed E-state index contributed by atoms with van der Waals surface area (Å²) in [6.07, 6.45) is 4.43. The Kier molecular flexibility index (Phi) is 5.18. The first kappa shape index (κ1) is 17.8. The zero-order valence-electron chi connectivity index (χ0n) is 15.8. The highest BCUT2D eigenvalue weighted by Crippen LogP contribution is 2.41. The van der Waals surface area contributed by atoms with Crippen molar-refractivity contribution in [3.8, 4) is 5.75 Å². The topological polar surface area (TPSA) is 42.0 Å². The van der Waals surface area contributed by atoms with E-state index in [0.717, 1.165) is 64.3 Å². The molecule has 4 rings (SSSR count). The molecule has 1 aromatic carbocycles. The number of carbonyl (C=O) groups excluding carboxylic acids is 1. The molecule has 3 heterocycles. The van der Waals surface area contributed by atoms with Gasteiger partial charge in [0, 0.05) is 32.8 Å². The number of piperidine rings is 1.